The number of benzene rings is 2. The molecule has 2 aromatic carbocycles. The van der Waals surface area contributed by atoms with Crippen LogP contribution in [0.2, 0.25) is 0 Å². The van der Waals surface area contributed by atoms with Gasteiger partial charge in [0.05, 0.1) is 19.2 Å². The molecule has 0 unspecified atom stereocenters. The van der Waals surface area contributed by atoms with Crippen molar-refractivity contribution in [3.63, 3.8) is 0 Å². The Labute approximate surface area is 151 Å². The smallest absolute Gasteiger partial charge is 0.188 e. The van der Waals surface area contributed by atoms with E-state index in [-0.39, 0.29) is 25.1 Å². The third-order valence-corrected chi connectivity index (χ3v) is 3.90. The lowest BCUT2D eigenvalue weighted by molar-refractivity contribution is 0.262. The molecule has 0 aliphatic heterocycles. The second kappa shape index (κ2) is 8.55. The van der Waals surface area contributed by atoms with Gasteiger partial charge in [-0.2, -0.15) is 5.10 Å². The Kier molecular flexibility index (Phi) is 5.93. The number of hydrogen-bond donors (Lipinski definition) is 2. The first-order valence-electron chi connectivity index (χ1n) is 8.36. The molecule has 0 aliphatic carbocycles. The summed E-state index contributed by atoms with van der Waals surface area (Å²) in [6.07, 6.45) is 0. The fourth-order valence-electron chi connectivity index (χ4n) is 2.73. The van der Waals surface area contributed by atoms with Crippen molar-refractivity contribution in [3.05, 3.63) is 77.6 Å². The molecule has 1 aromatic heterocycles. The van der Waals surface area contributed by atoms with E-state index in [1.165, 1.54) is 12.1 Å². The molecule has 2 N–H and O–H groups in total. The van der Waals surface area contributed by atoms with Crippen molar-refractivity contribution in [2.24, 2.45) is 0 Å². The number of nitrogens with zero attached hydrogens (tertiary/aromatic N) is 3. The summed E-state index contributed by atoms with van der Waals surface area (Å²) in [7, 11) is 1.85. The van der Waals surface area contributed by atoms with Crippen LogP contribution in [0.25, 0.3) is 0 Å². The minimum atomic E-state index is -0.360. The molecule has 0 amide bonds. The standard InChI is InChI=1S/C19H21FN4O2/c1-21-18(14-6-3-2-4-7-14)19-22-17(23-24(19)10-11-25)13-26-16-9-5-8-15(20)12-16/h2-9,12,18,21,25H,10-11,13H2,1H3/t18-/m1/s1. The maximum Gasteiger partial charge on any atom is 0.188 e. The van der Waals surface area contributed by atoms with Crippen LogP contribution in [-0.4, -0.2) is 33.5 Å². The zero-order chi connectivity index (χ0) is 18.4. The van der Waals surface area contributed by atoms with Crippen LogP contribution in [-0.2, 0) is 13.2 Å². The molecule has 0 saturated carbocycles. The molecule has 3 aromatic rings. The van der Waals surface area contributed by atoms with Crippen molar-refractivity contribution in [1.82, 2.24) is 20.1 Å². The summed E-state index contributed by atoms with van der Waals surface area (Å²) in [4.78, 5) is 4.57. The Hall–Kier alpha value is -2.77. The molecule has 0 bridgehead atoms. The van der Waals surface area contributed by atoms with E-state index in [1.54, 1.807) is 16.8 Å². The van der Waals surface area contributed by atoms with Crippen molar-refractivity contribution < 1.29 is 14.2 Å². The molecule has 0 radical (unpaired) electrons. The molecule has 26 heavy (non-hydrogen) atoms. The van der Waals surface area contributed by atoms with E-state index in [4.69, 9.17) is 4.74 Å². The van der Waals surface area contributed by atoms with Crippen molar-refractivity contribution in [2.45, 2.75) is 19.2 Å². The molecule has 0 fully saturated rings. The van der Waals surface area contributed by atoms with Crippen molar-refractivity contribution in [1.29, 1.82) is 0 Å². The zero-order valence-electron chi connectivity index (χ0n) is 14.5. The number of hydrogen-bond acceptors (Lipinski definition) is 5. The molecule has 6 nitrogen and oxygen atoms in total. The van der Waals surface area contributed by atoms with Crippen LogP contribution < -0.4 is 10.1 Å². The molecule has 136 valence electrons. The maximum absolute atomic E-state index is 13.2. The van der Waals surface area contributed by atoms with Gasteiger partial charge in [0.1, 0.15) is 24.0 Å². The maximum atomic E-state index is 13.2. The van der Waals surface area contributed by atoms with Gasteiger partial charge in [0.2, 0.25) is 0 Å². The minimum Gasteiger partial charge on any atom is -0.485 e. The highest BCUT2D eigenvalue weighted by molar-refractivity contribution is 5.25. The van der Waals surface area contributed by atoms with Gasteiger partial charge in [-0.25, -0.2) is 14.1 Å². The third kappa shape index (κ3) is 4.25. The van der Waals surface area contributed by atoms with E-state index in [0.29, 0.717) is 23.9 Å². The van der Waals surface area contributed by atoms with Crippen LogP contribution >= 0.6 is 0 Å². The molecule has 0 spiro atoms. The Balaban J connectivity index is 1.83. The van der Waals surface area contributed by atoms with Gasteiger partial charge in [-0.05, 0) is 24.7 Å². The number of aliphatic hydroxyl groups is 1. The second-order valence-corrected chi connectivity index (χ2v) is 5.71. The number of aliphatic hydroxyl groups excluding tert-OH is 1. The van der Waals surface area contributed by atoms with E-state index < -0.39 is 0 Å². The van der Waals surface area contributed by atoms with Crippen molar-refractivity contribution in [2.75, 3.05) is 13.7 Å². The zero-order valence-corrected chi connectivity index (χ0v) is 14.5. The largest absolute Gasteiger partial charge is 0.485 e. The number of rotatable bonds is 8. The molecular weight excluding hydrogens is 335 g/mol. The van der Waals surface area contributed by atoms with Crippen LogP contribution in [0, 0.1) is 5.82 Å². The van der Waals surface area contributed by atoms with Gasteiger partial charge >= 0.3 is 0 Å². The summed E-state index contributed by atoms with van der Waals surface area (Å²) >= 11 is 0. The highest BCUT2D eigenvalue weighted by Gasteiger charge is 2.20. The van der Waals surface area contributed by atoms with Crippen LogP contribution in [0.5, 0.6) is 5.75 Å². The van der Waals surface area contributed by atoms with Crippen LogP contribution in [0.3, 0.4) is 0 Å². The highest BCUT2D eigenvalue weighted by Crippen LogP contribution is 2.21. The monoisotopic (exact) mass is 356 g/mol. The number of aromatic nitrogens is 3. The summed E-state index contributed by atoms with van der Waals surface area (Å²) in [6, 6.07) is 15.6. The summed E-state index contributed by atoms with van der Waals surface area (Å²) in [6.45, 7) is 0.388. The first kappa shape index (κ1) is 18.0. The van der Waals surface area contributed by atoms with Crippen molar-refractivity contribution in [3.8, 4) is 5.75 Å². The molecule has 0 saturated heterocycles. The predicted molar refractivity (Wildman–Crippen MR) is 95.2 cm³/mol. The summed E-state index contributed by atoms with van der Waals surface area (Å²) in [5, 5.41) is 17.0. The predicted octanol–water partition coefficient (Wildman–Crippen LogP) is 2.30. The average Bonchev–Trinajstić information content (AvgIpc) is 3.05. The van der Waals surface area contributed by atoms with E-state index in [9.17, 15) is 9.50 Å². The molecule has 7 heteroatoms. The lowest BCUT2D eigenvalue weighted by Crippen LogP contribution is -2.23. The fraction of sp³-hybridized carbons (Fsp3) is 0.263. The summed E-state index contributed by atoms with van der Waals surface area (Å²) in [5.41, 5.74) is 1.04. The summed E-state index contributed by atoms with van der Waals surface area (Å²) < 4.78 is 20.5. The Morgan fingerprint density at radius 3 is 2.69 bits per heavy atom. The van der Waals surface area contributed by atoms with Gasteiger partial charge in [-0.15, -0.1) is 0 Å². The lowest BCUT2D eigenvalue weighted by atomic mass is 10.1. The average molecular weight is 356 g/mol. The Morgan fingerprint density at radius 1 is 1.19 bits per heavy atom. The van der Waals surface area contributed by atoms with E-state index in [1.807, 2.05) is 37.4 Å². The van der Waals surface area contributed by atoms with Crippen LogP contribution in [0.15, 0.2) is 54.6 Å². The topological polar surface area (TPSA) is 72.2 Å². The first-order valence-corrected chi connectivity index (χ1v) is 8.36. The molecular formula is C19H21FN4O2. The van der Waals surface area contributed by atoms with E-state index in [0.717, 1.165) is 5.56 Å². The van der Waals surface area contributed by atoms with Crippen molar-refractivity contribution >= 4 is 0 Å². The highest BCUT2D eigenvalue weighted by atomic mass is 19.1. The Morgan fingerprint density at radius 2 is 2.00 bits per heavy atom. The summed E-state index contributed by atoms with van der Waals surface area (Å²) in [5.74, 6) is 1.21. The van der Waals surface area contributed by atoms with Gasteiger partial charge in [-0.3, -0.25) is 0 Å². The van der Waals surface area contributed by atoms with Gasteiger partial charge in [0, 0.05) is 6.07 Å². The normalized spacial score (nSPS) is 12.1. The number of halogens is 1. The van der Waals surface area contributed by atoms with Gasteiger partial charge in [0.25, 0.3) is 0 Å². The molecule has 0 aliphatic rings. The van der Waals surface area contributed by atoms with Crippen LogP contribution in [0.1, 0.15) is 23.3 Å². The second-order valence-electron chi connectivity index (χ2n) is 5.71. The lowest BCUT2D eigenvalue weighted by Gasteiger charge is -2.16. The quantitative estimate of drug-likeness (QED) is 0.648. The van der Waals surface area contributed by atoms with Gasteiger partial charge < -0.3 is 15.2 Å². The fourth-order valence-corrected chi connectivity index (χ4v) is 2.73. The molecule has 1 heterocycles. The van der Waals surface area contributed by atoms with Gasteiger partial charge in [-0.1, -0.05) is 36.4 Å². The van der Waals surface area contributed by atoms with Crippen LogP contribution in [0.4, 0.5) is 4.39 Å². The number of ether oxygens (including phenoxy) is 1. The minimum absolute atomic E-state index is 0.0498. The molecule has 3 rings (SSSR count). The first-order chi connectivity index (χ1) is 12.7. The third-order valence-electron chi connectivity index (χ3n) is 3.90. The van der Waals surface area contributed by atoms with Gasteiger partial charge in [0.15, 0.2) is 5.82 Å². The molecule has 1 atom stereocenters. The number of nitrogens with one attached hydrogen (secondary N) is 1. The van der Waals surface area contributed by atoms with E-state index in [2.05, 4.69) is 15.4 Å². The van der Waals surface area contributed by atoms with E-state index >= 15 is 0 Å². The Bertz CT molecular complexity index is 839. The SMILES string of the molecule is CN[C@H](c1ccccc1)c1nc(COc2cccc(F)c2)nn1CCO.